The molecule has 0 amide bonds. The van der Waals surface area contributed by atoms with Gasteiger partial charge in [-0.25, -0.2) is 0 Å². The fraction of sp³-hybridized carbons (Fsp3) is 0.500. The first kappa shape index (κ1) is 18.9. The Balaban J connectivity index is 1.47. The number of carbonyl (C=O) groups is 1. The molecule has 0 aliphatic heterocycles. The van der Waals surface area contributed by atoms with Gasteiger partial charge < -0.3 is 10.2 Å². The largest absolute Gasteiger partial charge is 0.507 e. The SMILES string of the molecule is C[C@]12CC[C@@H]3c4ccc(O)c(C=O)c4CC[C@H]3[C@@H]1CC[C@@]2(O)Cc1ccccc1. The number of aliphatic hydroxyl groups is 1. The number of hydrogen-bond acceptors (Lipinski definition) is 3. The molecule has 152 valence electrons. The summed E-state index contributed by atoms with van der Waals surface area (Å²) in [7, 11) is 0. The van der Waals surface area contributed by atoms with E-state index in [0.29, 0.717) is 23.3 Å². The first-order valence-corrected chi connectivity index (χ1v) is 11.0. The molecule has 2 aromatic rings. The summed E-state index contributed by atoms with van der Waals surface area (Å²) in [5, 5.41) is 21.9. The molecular formula is C26H30O3. The second-order valence-electron chi connectivity index (χ2n) is 9.79. The van der Waals surface area contributed by atoms with E-state index in [-0.39, 0.29) is 11.2 Å². The zero-order chi connectivity index (χ0) is 20.2. The van der Waals surface area contributed by atoms with E-state index in [1.165, 1.54) is 11.1 Å². The summed E-state index contributed by atoms with van der Waals surface area (Å²) in [6.07, 6.45) is 7.45. The number of benzene rings is 2. The Morgan fingerprint density at radius 2 is 1.86 bits per heavy atom. The molecule has 5 atom stereocenters. The summed E-state index contributed by atoms with van der Waals surface area (Å²) in [4.78, 5) is 11.6. The molecule has 3 aliphatic carbocycles. The van der Waals surface area contributed by atoms with Gasteiger partial charge in [-0.15, -0.1) is 0 Å². The molecule has 3 nitrogen and oxygen atoms in total. The number of phenolic OH excluding ortho intramolecular Hbond substituents is 1. The Labute approximate surface area is 172 Å². The topological polar surface area (TPSA) is 57.5 Å². The highest BCUT2D eigenvalue weighted by molar-refractivity contribution is 5.82. The van der Waals surface area contributed by atoms with E-state index < -0.39 is 5.60 Å². The van der Waals surface area contributed by atoms with Crippen LogP contribution in [0.15, 0.2) is 42.5 Å². The highest BCUT2D eigenvalue weighted by Gasteiger charge is 2.61. The van der Waals surface area contributed by atoms with Crippen molar-refractivity contribution in [2.45, 2.75) is 63.4 Å². The zero-order valence-corrected chi connectivity index (χ0v) is 17.1. The van der Waals surface area contributed by atoms with Gasteiger partial charge >= 0.3 is 0 Å². The van der Waals surface area contributed by atoms with Crippen molar-refractivity contribution >= 4 is 6.29 Å². The number of carbonyl (C=O) groups excluding carboxylic acids is 1. The van der Waals surface area contributed by atoms with E-state index in [4.69, 9.17) is 0 Å². The maximum Gasteiger partial charge on any atom is 0.154 e. The van der Waals surface area contributed by atoms with Crippen LogP contribution in [0.2, 0.25) is 0 Å². The van der Waals surface area contributed by atoms with E-state index in [1.807, 2.05) is 12.1 Å². The Morgan fingerprint density at radius 1 is 1.07 bits per heavy atom. The summed E-state index contributed by atoms with van der Waals surface area (Å²) in [6.45, 7) is 2.33. The van der Waals surface area contributed by atoms with Crippen LogP contribution in [-0.4, -0.2) is 22.1 Å². The zero-order valence-electron chi connectivity index (χ0n) is 17.1. The maximum atomic E-state index is 11.8. The van der Waals surface area contributed by atoms with E-state index in [0.717, 1.165) is 56.8 Å². The van der Waals surface area contributed by atoms with Crippen LogP contribution < -0.4 is 0 Å². The molecule has 0 aromatic heterocycles. The van der Waals surface area contributed by atoms with Crippen LogP contribution in [0.4, 0.5) is 0 Å². The number of hydrogen-bond donors (Lipinski definition) is 2. The lowest BCUT2D eigenvalue weighted by molar-refractivity contribution is -0.102. The molecule has 0 unspecified atom stereocenters. The molecule has 2 N–H and O–H groups in total. The van der Waals surface area contributed by atoms with E-state index >= 15 is 0 Å². The fourth-order valence-corrected chi connectivity index (χ4v) is 7.15. The van der Waals surface area contributed by atoms with Crippen molar-refractivity contribution in [3.8, 4) is 5.75 Å². The lowest BCUT2D eigenvalue weighted by atomic mass is 9.52. The van der Waals surface area contributed by atoms with Crippen LogP contribution >= 0.6 is 0 Å². The summed E-state index contributed by atoms with van der Waals surface area (Å²) in [6, 6.07) is 14.1. The van der Waals surface area contributed by atoms with Crippen LogP contribution in [0.5, 0.6) is 5.75 Å². The number of aromatic hydroxyl groups is 1. The standard InChI is InChI=1S/C26H30O3/c1-25-13-11-20-18-9-10-24(28)22(16-27)19(18)7-8-21(20)23(25)12-14-26(25,29)15-17-5-3-2-4-6-17/h2-6,9-10,16,20-21,23,28-29H,7-8,11-15H2,1H3/t20-,21-,23+,25+,26-/m1/s1. The second kappa shape index (κ2) is 6.70. The van der Waals surface area contributed by atoms with Crippen molar-refractivity contribution < 1.29 is 15.0 Å². The molecule has 0 heterocycles. The smallest absolute Gasteiger partial charge is 0.154 e. The van der Waals surface area contributed by atoms with Crippen molar-refractivity contribution in [1.82, 2.24) is 0 Å². The molecule has 5 rings (SSSR count). The molecule has 29 heavy (non-hydrogen) atoms. The third-order valence-electron chi connectivity index (χ3n) is 8.71. The van der Waals surface area contributed by atoms with E-state index in [2.05, 4.69) is 31.2 Å². The van der Waals surface area contributed by atoms with Crippen molar-refractivity contribution in [2.75, 3.05) is 0 Å². The molecule has 2 fully saturated rings. The summed E-state index contributed by atoms with van der Waals surface area (Å²) in [5.41, 5.74) is 3.32. The number of aldehydes is 1. The van der Waals surface area contributed by atoms with E-state index in [1.54, 1.807) is 6.07 Å². The van der Waals surface area contributed by atoms with Gasteiger partial charge in [-0.1, -0.05) is 43.3 Å². The Morgan fingerprint density at radius 3 is 2.62 bits per heavy atom. The van der Waals surface area contributed by atoms with Crippen molar-refractivity contribution in [3.05, 3.63) is 64.7 Å². The predicted molar refractivity (Wildman–Crippen MR) is 113 cm³/mol. The predicted octanol–water partition coefficient (Wildman–Crippen LogP) is 5.03. The van der Waals surface area contributed by atoms with Crippen molar-refractivity contribution in [2.24, 2.45) is 17.3 Å². The van der Waals surface area contributed by atoms with E-state index in [9.17, 15) is 15.0 Å². The van der Waals surface area contributed by atoms with Crippen LogP contribution in [-0.2, 0) is 12.8 Å². The minimum atomic E-state index is -0.646. The normalized spacial score (nSPS) is 35.4. The fourth-order valence-electron chi connectivity index (χ4n) is 7.15. The van der Waals surface area contributed by atoms with Gasteiger partial charge in [-0.2, -0.15) is 0 Å². The molecule has 3 heteroatoms. The van der Waals surface area contributed by atoms with Crippen LogP contribution in [0, 0.1) is 17.3 Å². The summed E-state index contributed by atoms with van der Waals surface area (Å²) < 4.78 is 0. The van der Waals surface area contributed by atoms with Gasteiger partial charge in [0.1, 0.15) is 5.75 Å². The van der Waals surface area contributed by atoms with Gasteiger partial charge in [0.15, 0.2) is 6.29 Å². The first-order valence-electron chi connectivity index (χ1n) is 11.0. The average molecular weight is 391 g/mol. The third-order valence-corrected chi connectivity index (χ3v) is 8.71. The van der Waals surface area contributed by atoms with Gasteiger partial charge in [-0.05, 0) is 84.5 Å². The molecule has 0 radical (unpaired) electrons. The Bertz CT molecular complexity index is 936. The second-order valence-corrected chi connectivity index (χ2v) is 9.79. The average Bonchev–Trinajstić information content (AvgIpc) is 2.99. The molecular weight excluding hydrogens is 360 g/mol. The van der Waals surface area contributed by atoms with Crippen LogP contribution in [0.25, 0.3) is 0 Å². The lowest BCUT2D eigenvalue weighted by Gasteiger charge is -2.53. The number of rotatable bonds is 3. The summed E-state index contributed by atoms with van der Waals surface area (Å²) in [5.74, 6) is 1.61. The minimum absolute atomic E-state index is 0.0636. The molecule has 2 aromatic carbocycles. The van der Waals surface area contributed by atoms with Gasteiger partial charge in [0.2, 0.25) is 0 Å². The highest BCUT2D eigenvalue weighted by Crippen LogP contribution is 2.65. The van der Waals surface area contributed by atoms with Gasteiger partial charge in [0.25, 0.3) is 0 Å². The maximum absolute atomic E-state index is 11.8. The van der Waals surface area contributed by atoms with Crippen molar-refractivity contribution in [1.29, 1.82) is 0 Å². The third kappa shape index (κ3) is 2.70. The first-order chi connectivity index (χ1) is 14.0. The molecule has 0 saturated heterocycles. The molecule has 0 spiro atoms. The lowest BCUT2D eigenvalue weighted by Crippen LogP contribution is -2.51. The van der Waals surface area contributed by atoms with Crippen molar-refractivity contribution in [3.63, 3.8) is 0 Å². The van der Waals surface area contributed by atoms with Gasteiger partial charge in [0.05, 0.1) is 11.2 Å². The Kier molecular flexibility index (Phi) is 4.36. The monoisotopic (exact) mass is 390 g/mol. The number of fused-ring (bicyclic) bond motifs is 5. The van der Waals surface area contributed by atoms with Gasteiger partial charge in [0, 0.05) is 6.42 Å². The van der Waals surface area contributed by atoms with Crippen LogP contribution in [0.3, 0.4) is 0 Å². The quantitative estimate of drug-likeness (QED) is 0.722. The number of phenols is 1. The molecule has 0 bridgehead atoms. The summed E-state index contributed by atoms with van der Waals surface area (Å²) >= 11 is 0. The van der Waals surface area contributed by atoms with Gasteiger partial charge in [-0.3, -0.25) is 4.79 Å². The minimum Gasteiger partial charge on any atom is -0.507 e. The molecule has 3 aliphatic rings. The Hall–Kier alpha value is -2.13. The molecule has 2 saturated carbocycles. The van der Waals surface area contributed by atoms with Crippen LogP contribution in [0.1, 0.15) is 72.0 Å². The highest BCUT2D eigenvalue weighted by atomic mass is 16.3.